The third kappa shape index (κ3) is 3.36. The molecule has 1 amide bonds. The van der Waals surface area contributed by atoms with Gasteiger partial charge in [0.25, 0.3) is 0 Å². The third-order valence-corrected chi connectivity index (χ3v) is 3.52. The zero-order valence-electron chi connectivity index (χ0n) is 12.0. The molecule has 1 aliphatic rings. The lowest BCUT2D eigenvalue weighted by Crippen LogP contribution is -2.38. The van der Waals surface area contributed by atoms with Gasteiger partial charge < -0.3 is 9.64 Å². The zero-order chi connectivity index (χ0) is 14.5. The highest BCUT2D eigenvalue weighted by atomic mass is 16.5. The van der Waals surface area contributed by atoms with Gasteiger partial charge in [0.15, 0.2) is 0 Å². The molecule has 1 aromatic carbocycles. The van der Waals surface area contributed by atoms with Gasteiger partial charge in [0.2, 0.25) is 5.91 Å². The molecule has 0 unspecified atom stereocenters. The summed E-state index contributed by atoms with van der Waals surface area (Å²) in [6, 6.07) is 7.99. The number of ether oxygens (including phenoxy) is 1. The molecule has 1 aromatic rings. The van der Waals surface area contributed by atoms with Gasteiger partial charge in [0.05, 0.1) is 20.1 Å². The fourth-order valence-corrected chi connectivity index (χ4v) is 2.38. The number of fused-ring (bicyclic) bond motifs is 1. The molecule has 5 nitrogen and oxygen atoms in total. The quantitative estimate of drug-likeness (QED) is 0.755. The van der Waals surface area contributed by atoms with Gasteiger partial charge in [-0.2, -0.15) is 0 Å². The number of hydrogen-bond acceptors (Lipinski definition) is 4. The topological polar surface area (TPSA) is 49.9 Å². The number of hydrogen-bond donors (Lipinski definition) is 0. The van der Waals surface area contributed by atoms with E-state index in [1.54, 1.807) is 0 Å². The molecule has 2 rings (SSSR count). The highest BCUT2D eigenvalue weighted by Gasteiger charge is 2.24. The van der Waals surface area contributed by atoms with E-state index in [-0.39, 0.29) is 11.9 Å². The Labute approximate surface area is 119 Å². The molecule has 0 N–H and O–H groups in total. The Morgan fingerprint density at radius 3 is 2.85 bits per heavy atom. The fourth-order valence-electron chi connectivity index (χ4n) is 2.38. The second kappa shape index (κ2) is 6.52. The first-order valence-electron chi connectivity index (χ1n) is 6.75. The molecule has 0 spiro atoms. The van der Waals surface area contributed by atoms with E-state index in [0.717, 1.165) is 18.7 Å². The van der Waals surface area contributed by atoms with Crippen LogP contribution in [0.15, 0.2) is 24.3 Å². The number of likely N-dealkylation sites (N-methyl/N-ethyl adjacent to an activating group) is 1. The average molecular weight is 276 g/mol. The number of esters is 1. The lowest BCUT2D eigenvalue weighted by Gasteiger charge is -2.21. The maximum atomic E-state index is 12.3. The molecule has 0 aromatic heterocycles. The number of carbonyl (C=O) groups excluding carboxylic acids is 2. The number of carbonyl (C=O) groups is 2. The predicted molar refractivity (Wildman–Crippen MR) is 76.6 cm³/mol. The maximum absolute atomic E-state index is 12.3. The minimum absolute atomic E-state index is 0.0716. The number of benzene rings is 1. The zero-order valence-corrected chi connectivity index (χ0v) is 12.0. The fraction of sp³-hybridized carbons (Fsp3) is 0.467. The van der Waals surface area contributed by atoms with Gasteiger partial charge in [0.1, 0.15) is 0 Å². The van der Waals surface area contributed by atoms with Crippen molar-refractivity contribution in [3.8, 4) is 0 Å². The summed E-state index contributed by atoms with van der Waals surface area (Å²) in [5.74, 6) is -0.182. The van der Waals surface area contributed by atoms with Gasteiger partial charge in [-0.3, -0.25) is 14.5 Å². The van der Waals surface area contributed by atoms with Crippen LogP contribution in [-0.4, -0.2) is 50.6 Å². The molecule has 108 valence electrons. The summed E-state index contributed by atoms with van der Waals surface area (Å²) in [5.41, 5.74) is 2.23. The van der Waals surface area contributed by atoms with Gasteiger partial charge in [0, 0.05) is 18.8 Å². The SMILES string of the molecule is COC(=O)CCN(C)CC(=O)N1CCc2ccccc21. The normalized spacial score (nSPS) is 13.4. The molecule has 0 bridgehead atoms. The molecule has 0 saturated heterocycles. The molecular weight excluding hydrogens is 256 g/mol. The Morgan fingerprint density at radius 1 is 1.35 bits per heavy atom. The van der Waals surface area contributed by atoms with Crippen molar-refractivity contribution in [3.05, 3.63) is 29.8 Å². The molecule has 0 radical (unpaired) electrons. The van der Waals surface area contributed by atoms with Crippen LogP contribution in [-0.2, 0) is 20.7 Å². The van der Waals surface area contributed by atoms with Gasteiger partial charge in [-0.25, -0.2) is 0 Å². The minimum Gasteiger partial charge on any atom is -0.469 e. The van der Waals surface area contributed by atoms with E-state index >= 15 is 0 Å². The number of anilines is 1. The summed E-state index contributed by atoms with van der Waals surface area (Å²) >= 11 is 0. The summed E-state index contributed by atoms with van der Waals surface area (Å²) in [5, 5.41) is 0. The molecule has 1 aliphatic heterocycles. The standard InChI is InChI=1S/C15H20N2O3/c1-16(9-8-15(19)20-2)11-14(18)17-10-7-12-5-3-4-6-13(12)17/h3-6H,7-11H2,1-2H3. The Hall–Kier alpha value is -1.88. The van der Waals surface area contributed by atoms with Crippen molar-refractivity contribution in [3.63, 3.8) is 0 Å². The number of para-hydroxylation sites is 1. The maximum Gasteiger partial charge on any atom is 0.306 e. The van der Waals surface area contributed by atoms with Gasteiger partial charge >= 0.3 is 5.97 Å². The van der Waals surface area contributed by atoms with Crippen LogP contribution in [0.5, 0.6) is 0 Å². The van der Waals surface area contributed by atoms with Crippen LogP contribution in [0.1, 0.15) is 12.0 Å². The van der Waals surface area contributed by atoms with E-state index in [1.807, 2.05) is 35.0 Å². The van der Waals surface area contributed by atoms with Crippen LogP contribution >= 0.6 is 0 Å². The number of nitrogens with zero attached hydrogens (tertiary/aromatic N) is 2. The summed E-state index contributed by atoms with van der Waals surface area (Å²) in [6.07, 6.45) is 1.21. The van der Waals surface area contributed by atoms with Crippen LogP contribution in [0.4, 0.5) is 5.69 Å². The van der Waals surface area contributed by atoms with E-state index < -0.39 is 0 Å². The van der Waals surface area contributed by atoms with E-state index in [2.05, 4.69) is 10.8 Å². The Bertz CT molecular complexity index is 502. The van der Waals surface area contributed by atoms with Gasteiger partial charge in [-0.05, 0) is 25.1 Å². The smallest absolute Gasteiger partial charge is 0.306 e. The molecule has 0 fully saturated rings. The second-order valence-electron chi connectivity index (χ2n) is 4.99. The summed E-state index contributed by atoms with van der Waals surface area (Å²) in [6.45, 7) is 1.57. The Morgan fingerprint density at radius 2 is 2.10 bits per heavy atom. The van der Waals surface area contributed by atoms with Crippen molar-refractivity contribution in [1.29, 1.82) is 0 Å². The van der Waals surface area contributed by atoms with Crippen molar-refractivity contribution in [2.75, 3.05) is 38.7 Å². The Balaban J connectivity index is 1.88. The van der Waals surface area contributed by atoms with Crippen LogP contribution in [0.2, 0.25) is 0 Å². The molecule has 0 atom stereocenters. The van der Waals surface area contributed by atoms with Gasteiger partial charge in [-0.1, -0.05) is 18.2 Å². The van der Waals surface area contributed by atoms with Crippen molar-refractivity contribution in [2.45, 2.75) is 12.8 Å². The Kier molecular flexibility index (Phi) is 4.74. The predicted octanol–water partition coefficient (Wildman–Crippen LogP) is 1.07. The van der Waals surface area contributed by atoms with E-state index in [1.165, 1.54) is 12.7 Å². The first-order chi connectivity index (χ1) is 9.61. The van der Waals surface area contributed by atoms with Crippen molar-refractivity contribution in [2.24, 2.45) is 0 Å². The highest BCUT2D eigenvalue weighted by Crippen LogP contribution is 2.27. The number of rotatable bonds is 5. The minimum atomic E-state index is -0.254. The van der Waals surface area contributed by atoms with E-state index in [0.29, 0.717) is 19.5 Å². The lowest BCUT2D eigenvalue weighted by molar-refractivity contribution is -0.141. The van der Waals surface area contributed by atoms with Crippen LogP contribution in [0.25, 0.3) is 0 Å². The molecule has 20 heavy (non-hydrogen) atoms. The number of amides is 1. The third-order valence-electron chi connectivity index (χ3n) is 3.52. The molecule has 0 aliphatic carbocycles. The van der Waals surface area contributed by atoms with Crippen molar-refractivity contribution >= 4 is 17.6 Å². The van der Waals surface area contributed by atoms with E-state index in [9.17, 15) is 9.59 Å². The molecule has 5 heteroatoms. The first-order valence-corrected chi connectivity index (χ1v) is 6.75. The lowest BCUT2D eigenvalue weighted by atomic mass is 10.2. The summed E-state index contributed by atoms with van der Waals surface area (Å²) in [4.78, 5) is 27.0. The van der Waals surface area contributed by atoms with Crippen LogP contribution in [0, 0.1) is 0 Å². The summed E-state index contributed by atoms with van der Waals surface area (Å²) < 4.78 is 4.59. The highest BCUT2D eigenvalue weighted by molar-refractivity contribution is 5.96. The first kappa shape index (κ1) is 14.5. The largest absolute Gasteiger partial charge is 0.469 e. The average Bonchev–Trinajstić information content (AvgIpc) is 2.88. The summed E-state index contributed by atoms with van der Waals surface area (Å²) in [7, 11) is 3.21. The van der Waals surface area contributed by atoms with Gasteiger partial charge in [-0.15, -0.1) is 0 Å². The second-order valence-corrected chi connectivity index (χ2v) is 4.99. The van der Waals surface area contributed by atoms with E-state index in [4.69, 9.17) is 0 Å². The molecule has 0 saturated carbocycles. The monoisotopic (exact) mass is 276 g/mol. The molecule has 1 heterocycles. The van der Waals surface area contributed by atoms with Crippen molar-refractivity contribution in [1.82, 2.24) is 4.90 Å². The van der Waals surface area contributed by atoms with Crippen LogP contribution < -0.4 is 4.90 Å². The van der Waals surface area contributed by atoms with Crippen LogP contribution in [0.3, 0.4) is 0 Å². The number of methoxy groups -OCH3 is 1. The van der Waals surface area contributed by atoms with Crippen molar-refractivity contribution < 1.29 is 14.3 Å². The molecular formula is C15H20N2O3.